The zero-order chi connectivity index (χ0) is 16.7. The molecule has 7 heteroatoms. The molecule has 0 amide bonds. The van der Waals surface area contributed by atoms with E-state index in [9.17, 15) is 8.78 Å². The quantitative estimate of drug-likeness (QED) is 0.693. The number of aliphatic imine (C=N–C) groups is 1. The summed E-state index contributed by atoms with van der Waals surface area (Å²) in [6.07, 6.45) is 0. The average molecular weight is 371 g/mol. The molecule has 3 rings (SSSR count). The van der Waals surface area contributed by atoms with Crippen molar-refractivity contribution in [1.29, 1.82) is 0 Å². The second kappa shape index (κ2) is 6.15. The summed E-state index contributed by atoms with van der Waals surface area (Å²) in [5, 5.41) is 3.43. The van der Waals surface area contributed by atoms with E-state index in [1.165, 1.54) is 18.2 Å². The van der Waals surface area contributed by atoms with Crippen molar-refractivity contribution in [2.24, 2.45) is 4.99 Å². The zero-order valence-corrected chi connectivity index (χ0v) is 14.2. The molecule has 1 aliphatic rings. The van der Waals surface area contributed by atoms with Crippen LogP contribution < -0.4 is 5.32 Å². The predicted molar refractivity (Wildman–Crippen MR) is 94.1 cm³/mol. The van der Waals surface area contributed by atoms with Crippen LogP contribution in [-0.2, 0) is 0 Å². The molecular weight excluding hydrogens is 361 g/mol. The van der Waals surface area contributed by atoms with Crippen LogP contribution in [0.3, 0.4) is 0 Å². The van der Waals surface area contributed by atoms with Crippen molar-refractivity contribution in [3.8, 4) is 0 Å². The van der Waals surface area contributed by atoms with Crippen molar-refractivity contribution in [3.63, 3.8) is 0 Å². The molecule has 1 heterocycles. The molecule has 0 saturated carbocycles. The molecule has 0 aromatic heterocycles. The Kier molecular flexibility index (Phi) is 4.36. The topological polar surface area (TPSA) is 24.4 Å². The van der Waals surface area contributed by atoms with Gasteiger partial charge in [0.2, 0.25) is 0 Å². The fourth-order valence-electron chi connectivity index (χ4n) is 2.35. The van der Waals surface area contributed by atoms with Crippen molar-refractivity contribution in [2.75, 3.05) is 5.32 Å². The summed E-state index contributed by atoms with van der Waals surface area (Å²) in [7, 11) is 0. The van der Waals surface area contributed by atoms with E-state index in [-0.39, 0.29) is 21.3 Å². The van der Waals surface area contributed by atoms with Crippen LogP contribution in [0, 0.1) is 11.6 Å². The van der Waals surface area contributed by atoms with Crippen molar-refractivity contribution in [2.45, 2.75) is 13.0 Å². The molecular formula is C16H10Cl2F2N2S. The Morgan fingerprint density at radius 1 is 1.09 bits per heavy atom. The number of benzodiazepines with no additional fused rings is 1. The Balaban J connectivity index is 2.38. The summed E-state index contributed by atoms with van der Waals surface area (Å²) in [5.74, 6) is -1.46. The molecule has 0 spiro atoms. The van der Waals surface area contributed by atoms with Crippen molar-refractivity contribution in [3.05, 3.63) is 63.1 Å². The highest BCUT2D eigenvalue weighted by molar-refractivity contribution is 7.80. The predicted octanol–water partition coefficient (Wildman–Crippen LogP) is 5.25. The number of benzene rings is 2. The van der Waals surface area contributed by atoms with Crippen LogP contribution in [0.25, 0.3) is 0 Å². The number of rotatable bonds is 1. The Morgan fingerprint density at radius 2 is 1.74 bits per heavy atom. The number of anilines is 1. The van der Waals surface area contributed by atoms with Crippen LogP contribution in [-0.4, -0.2) is 16.7 Å². The Bertz CT molecular complexity index is 832. The van der Waals surface area contributed by atoms with Gasteiger partial charge in [0.25, 0.3) is 0 Å². The van der Waals surface area contributed by atoms with E-state index in [0.717, 1.165) is 0 Å². The van der Waals surface area contributed by atoms with Gasteiger partial charge in [0, 0.05) is 11.3 Å². The number of thiocarbonyl (C=S) groups is 1. The third-order valence-corrected chi connectivity index (χ3v) is 4.74. The fraction of sp³-hybridized carbons (Fsp3) is 0.125. The fourth-order valence-corrected chi connectivity index (χ4v) is 2.93. The van der Waals surface area contributed by atoms with Gasteiger partial charge in [-0.2, -0.15) is 0 Å². The molecule has 2 aromatic carbocycles. The van der Waals surface area contributed by atoms with Crippen LogP contribution in [0.1, 0.15) is 18.1 Å². The van der Waals surface area contributed by atoms with E-state index in [0.29, 0.717) is 16.2 Å². The highest BCUT2D eigenvalue weighted by Crippen LogP contribution is 2.36. The lowest BCUT2D eigenvalue weighted by Crippen LogP contribution is -2.20. The molecule has 1 atom stereocenters. The molecule has 1 unspecified atom stereocenters. The molecule has 2 aromatic rings. The molecule has 23 heavy (non-hydrogen) atoms. The van der Waals surface area contributed by atoms with E-state index >= 15 is 0 Å². The van der Waals surface area contributed by atoms with Gasteiger partial charge in [-0.1, -0.05) is 41.5 Å². The van der Waals surface area contributed by atoms with Gasteiger partial charge in [0.05, 0.1) is 27.4 Å². The van der Waals surface area contributed by atoms with Gasteiger partial charge in [-0.05, 0) is 31.2 Å². The smallest absolute Gasteiger partial charge is 0.135 e. The maximum absolute atomic E-state index is 14.3. The third-order valence-electron chi connectivity index (χ3n) is 3.49. The first-order chi connectivity index (χ1) is 10.9. The lowest BCUT2D eigenvalue weighted by Gasteiger charge is -2.14. The first-order valence-electron chi connectivity index (χ1n) is 6.71. The highest BCUT2D eigenvalue weighted by Gasteiger charge is 2.27. The number of hydrogen-bond donors (Lipinski definition) is 1. The minimum Gasteiger partial charge on any atom is -0.348 e. The van der Waals surface area contributed by atoms with E-state index < -0.39 is 17.7 Å². The van der Waals surface area contributed by atoms with Gasteiger partial charge in [-0.25, -0.2) is 8.78 Å². The van der Waals surface area contributed by atoms with E-state index in [4.69, 9.17) is 35.4 Å². The maximum Gasteiger partial charge on any atom is 0.135 e. The Hall–Kier alpha value is -1.56. The van der Waals surface area contributed by atoms with Crippen LogP contribution in [0.15, 0.2) is 35.3 Å². The van der Waals surface area contributed by atoms with Gasteiger partial charge in [-0.15, -0.1) is 0 Å². The van der Waals surface area contributed by atoms with Crippen molar-refractivity contribution < 1.29 is 8.78 Å². The second-order valence-corrected chi connectivity index (χ2v) is 6.25. The van der Waals surface area contributed by atoms with Crippen molar-refractivity contribution >= 4 is 51.8 Å². The standard InChI is InChI=1S/C16H10Cl2F2N2S/c1-7-16(23)22-11-6-5-8(17)14(18)13(11)15(21-7)12-9(19)3-2-4-10(12)20/h2-7H,1H3,(H,22,23). The minimum atomic E-state index is -0.731. The number of nitrogens with zero attached hydrogens (tertiary/aromatic N) is 1. The lowest BCUT2D eigenvalue weighted by molar-refractivity contribution is 0.579. The maximum atomic E-state index is 14.3. The van der Waals surface area contributed by atoms with Gasteiger partial charge < -0.3 is 5.32 Å². The van der Waals surface area contributed by atoms with Crippen LogP contribution in [0.4, 0.5) is 14.5 Å². The number of fused-ring (bicyclic) bond motifs is 1. The lowest BCUT2D eigenvalue weighted by atomic mass is 9.99. The Labute approximate surface area is 147 Å². The summed E-state index contributed by atoms with van der Waals surface area (Å²) in [6.45, 7) is 1.73. The summed E-state index contributed by atoms with van der Waals surface area (Å²) in [4.78, 5) is 4.81. The molecule has 2 nitrogen and oxygen atoms in total. The second-order valence-electron chi connectivity index (χ2n) is 5.02. The SMILES string of the molecule is CC1N=C(c2c(F)cccc2F)c2c(ccc(Cl)c2Cl)NC1=S. The summed E-state index contributed by atoms with van der Waals surface area (Å²) in [5.41, 5.74) is 0.671. The highest BCUT2D eigenvalue weighted by atomic mass is 35.5. The molecule has 0 bridgehead atoms. The molecule has 118 valence electrons. The number of nitrogens with one attached hydrogen (secondary N) is 1. The molecule has 1 aliphatic heterocycles. The first kappa shape index (κ1) is 16.3. The largest absolute Gasteiger partial charge is 0.348 e. The van der Waals surface area contributed by atoms with Crippen LogP contribution in [0.2, 0.25) is 10.0 Å². The van der Waals surface area contributed by atoms with Gasteiger partial charge in [0.1, 0.15) is 16.6 Å². The van der Waals surface area contributed by atoms with Gasteiger partial charge in [0.15, 0.2) is 0 Å². The van der Waals surface area contributed by atoms with E-state index in [1.807, 2.05) is 0 Å². The summed E-state index contributed by atoms with van der Waals surface area (Å²) < 4.78 is 28.5. The van der Waals surface area contributed by atoms with E-state index in [1.54, 1.807) is 19.1 Å². The minimum absolute atomic E-state index is 0.0861. The number of hydrogen-bond acceptors (Lipinski definition) is 2. The van der Waals surface area contributed by atoms with E-state index in [2.05, 4.69) is 10.3 Å². The molecule has 0 aliphatic carbocycles. The number of halogens is 4. The van der Waals surface area contributed by atoms with Gasteiger partial charge in [-0.3, -0.25) is 4.99 Å². The summed E-state index contributed by atoms with van der Waals surface area (Å²) >= 11 is 17.6. The third kappa shape index (κ3) is 2.84. The normalized spacial score (nSPS) is 17.2. The molecule has 0 saturated heterocycles. The summed E-state index contributed by atoms with van der Waals surface area (Å²) in [6, 6.07) is 6.39. The molecule has 0 fully saturated rings. The first-order valence-corrected chi connectivity index (χ1v) is 7.88. The average Bonchev–Trinajstić information content (AvgIpc) is 2.61. The van der Waals surface area contributed by atoms with Crippen LogP contribution >= 0.6 is 35.4 Å². The molecule has 1 N–H and O–H groups in total. The van der Waals surface area contributed by atoms with Gasteiger partial charge >= 0.3 is 0 Å². The van der Waals surface area contributed by atoms with Crippen LogP contribution in [0.5, 0.6) is 0 Å². The monoisotopic (exact) mass is 370 g/mol. The molecule has 0 radical (unpaired) electrons. The van der Waals surface area contributed by atoms with Crippen molar-refractivity contribution in [1.82, 2.24) is 0 Å². The zero-order valence-electron chi connectivity index (χ0n) is 11.8. The Morgan fingerprint density at radius 3 is 2.39 bits per heavy atom.